The van der Waals surface area contributed by atoms with Gasteiger partial charge in [0.15, 0.2) is 0 Å². The zero-order valence-corrected chi connectivity index (χ0v) is 23.9. The third kappa shape index (κ3) is 4.51. The summed E-state index contributed by atoms with van der Waals surface area (Å²) in [6.45, 7) is 6.67. The number of benzene rings is 4. The van der Waals surface area contributed by atoms with E-state index in [1.165, 1.54) is 5.56 Å². The summed E-state index contributed by atoms with van der Waals surface area (Å²) in [4.78, 5) is 9.92. The fourth-order valence-electron chi connectivity index (χ4n) is 5.69. The highest BCUT2D eigenvalue weighted by Gasteiger charge is 2.19. The number of rotatable bonds is 4. The van der Waals surface area contributed by atoms with Crippen molar-refractivity contribution in [1.82, 2.24) is 14.5 Å². The molecular formula is C38H31N3O. The zero-order chi connectivity index (χ0) is 28.8. The van der Waals surface area contributed by atoms with Crippen molar-refractivity contribution < 1.29 is 5.11 Å². The van der Waals surface area contributed by atoms with E-state index in [4.69, 9.17) is 9.97 Å². The van der Waals surface area contributed by atoms with Gasteiger partial charge >= 0.3 is 0 Å². The molecule has 0 atom stereocenters. The van der Waals surface area contributed by atoms with Crippen molar-refractivity contribution in [2.45, 2.75) is 26.2 Å². The van der Waals surface area contributed by atoms with Crippen LogP contribution in [0.5, 0.6) is 5.75 Å². The molecule has 4 nitrogen and oxygen atoms in total. The number of pyridine rings is 2. The first kappa shape index (κ1) is 25.7. The number of hydrogen-bond acceptors (Lipinski definition) is 3. The lowest BCUT2D eigenvalue weighted by molar-refractivity contribution is 0.477. The van der Waals surface area contributed by atoms with Crippen LogP contribution < -0.4 is 0 Å². The van der Waals surface area contributed by atoms with Gasteiger partial charge in [-0.25, -0.2) is 4.98 Å². The fraction of sp³-hybridized carbons (Fsp3) is 0.105. The zero-order valence-electron chi connectivity index (χ0n) is 23.9. The van der Waals surface area contributed by atoms with Gasteiger partial charge in [0.25, 0.3) is 0 Å². The molecule has 42 heavy (non-hydrogen) atoms. The molecule has 0 aliphatic rings. The van der Waals surface area contributed by atoms with Crippen molar-refractivity contribution in [1.29, 1.82) is 0 Å². The van der Waals surface area contributed by atoms with E-state index in [9.17, 15) is 5.11 Å². The molecule has 7 rings (SSSR count). The minimum Gasteiger partial charge on any atom is -0.507 e. The van der Waals surface area contributed by atoms with E-state index in [0.29, 0.717) is 11.3 Å². The molecular weight excluding hydrogens is 514 g/mol. The molecule has 0 saturated carbocycles. The third-order valence-electron chi connectivity index (χ3n) is 7.92. The summed E-state index contributed by atoms with van der Waals surface area (Å²) in [5.74, 6) is 0.991. The Morgan fingerprint density at radius 1 is 0.595 bits per heavy atom. The van der Waals surface area contributed by atoms with Crippen molar-refractivity contribution >= 4 is 21.8 Å². The largest absolute Gasteiger partial charge is 0.507 e. The molecule has 0 aliphatic carbocycles. The molecule has 0 aliphatic heterocycles. The lowest BCUT2D eigenvalue weighted by Crippen LogP contribution is -2.11. The Hall–Kier alpha value is -5.22. The smallest absolute Gasteiger partial charge is 0.138 e. The van der Waals surface area contributed by atoms with Crippen LogP contribution in [-0.2, 0) is 5.41 Å². The van der Waals surface area contributed by atoms with Gasteiger partial charge in [-0.1, -0.05) is 93.6 Å². The average Bonchev–Trinajstić information content (AvgIpc) is 3.35. The molecule has 204 valence electrons. The average molecular weight is 546 g/mol. The van der Waals surface area contributed by atoms with Gasteiger partial charge in [0.05, 0.1) is 22.4 Å². The Morgan fingerprint density at radius 2 is 1.33 bits per heavy atom. The first-order valence-corrected chi connectivity index (χ1v) is 14.2. The summed E-state index contributed by atoms with van der Waals surface area (Å²) in [6.07, 6.45) is 1.90. The maximum absolute atomic E-state index is 10.8. The molecule has 1 N–H and O–H groups in total. The molecule has 3 aromatic heterocycles. The minimum absolute atomic E-state index is 0.0257. The summed E-state index contributed by atoms with van der Waals surface area (Å²) in [6, 6.07) is 41.2. The molecule has 0 radical (unpaired) electrons. The first-order valence-electron chi connectivity index (χ1n) is 14.2. The van der Waals surface area contributed by atoms with Gasteiger partial charge in [-0.2, -0.15) is 0 Å². The van der Waals surface area contributed by atoms with Crippen LogP contribution in [0.1, 0.15) is 26.3 Å². The first-order chi connectivity index (χ1) is 20.4. The Labute approximate surface area is 245 Å². The molecule has 0 amide bonds. The van der Waals surface area contributed by atoms with Crippen molar-refractivity contribution in [2.75, 3.05) is 0 Å². The molecule has 0 unspecified atom stereocenters. The van der Waals surface area contributed by atoms with E-state index in [1.54, 1.807) is 6.07 Å². The number of aromatic hydroxyl groups is 1. The van der Waals surface area contributed by atoms with Crippen molar-refractivity contribution in [2.24, 2.45) is 0 Å². The number of phenols is 1. The predicted octanol–water partition coefficient (Wildman–Crippen LogP) is 9.58. The Morgan fingerprint density at radius 3 is 2.14 bits per heavy atom. The van der Waals surface area contributed by atoms with E-state index in [1.807, 2.05) is 42.6 Å². The predicted molar refractivity (Wildman–Crippen MR) is 173 cm³/mol. The van der Waals surface area contributed by atoms with E-state index in [-0.39, 0.29) is 11.2 Å². The summed E-state index contributed by atoms with van der Waals surface area (Å²) in [5, 5.41) is 13.1. The van der Waals surface area contributed by atoms with Gasteiger partial charge in [0.1, 0.15) is 11.6 Å². The van der Waals surface area contributed by atoms with Crippen molar-refractivity contribution in [3.8, 4) is 45.2 Å². The number of hydrogen-bond donors (Lipinski definition) is 1. The number of nitrogens with zero attached hydrogens (tertiary/aromatic N) is 3. The normalized spacial score (nSPS) is 11.8. The SMILES string of the molecule is CC(C)(C)c1ccnc(-c2ccc3c4ccccc4n(-c4cc(-c5ccccc5)cc(-c5ccccc5O)n4)c3c2)c1. The Bertz CT molecular complexity index is 2080. The quantitative estimate of drug-likeness (QED) is 0.240. The standard InChI is InChI=1S/C38H31N3O/c1-38(2,3)28-19-20-39-32(24-28)26-17-18-30-29-13-7-9-15-34(29)41(35(30)22-26)37-23-27(25-11-5-4-6-12-25)21-33(40-37)31-14-8-10-16-36(31)42/h4-24,42H,1-3H3. The lowest BCUT2D eigenvalue weighted by Gasteiger charge is -2.19. The Kier molecular flexibility index (Phi) is 6.13. The highest BCUT2D eigenvalue weighted by molar-refractivity contribution is 6.10. The number of phenolic OH excluding ortho intramolecular Hbond substituents is 1. The highest BCUT2D eigenvalue weighted by Crippen LogP contribution is 2.37. The highest BCUT2D eigenvalue weighted by atomic mass is 16.3. The van der Waals surface area contributed by atoms with Crippen LogP contribution in [0.3, 0.4) is 0 Å². The van der Waals surface area contributed by atoms with Crippen LogP contribution in [0.2, 0.25) is 0 Å². The maximum Gasteiger partial charge on any atom is 0.138 e. The molecule has 4 heteroatoms. The molecule has 0 spiro atoms. The van der Waals surface area contributed by atoms with Crippen LogP contribution in [0.4, 0.5) is 0 Å². The fourth-order valence-corrected chi connectivity index (χ4v) is 5.69. The van der Waals surface area contributed by atoms with E-state index >= 15 is 0 Å². The second-order valence-corrected chi connectivity index (χ2v) is 11.7. The Balaban J connectivity index is 1.52. The van der Waals surface area contributed by atoms with Crippen LogP contribution in [-0.4, -0.2) is 19.6 Å². The maximum atomic E-state index is 10.8. The summed E-state index contributed by atoms with van der Waals surface area (Å²) in [5.41, 5.74) is 8.92. The number of para-hydroxylation sites is 2. The van der Waals surface area contributed by atoms with Crippen molar-refractivity contribution in [3.63, 3.8) is 0 Å². The van der Waals surface area contributed by atoms with Gasteiger partial charge in [-0.05, 0) is 70.6 Å². The number of fused-ring (bicyclic) bond motifs is 3. The van der Waals surface area contributed by atoms with E-state index in [2.05, 4.69) is 104 Å². The van der Waals surface area contributed by atoms with E-state index in [0.717, 1.165) is 50.0 Å². The van der Waals surface area contributed by atoms with E-state index < -0.39 is 0 Å². The second kappa shape index (κ2) is 10.0. The molecule has 3 heterocycles. The number of aromatic nitrogens is 3. The van der Waals surface area contributed by atoms with Gasteiger partial charge in [0.2, 0.25) is 0 Å². The van der Waals surface area contributed by atoms with Crippen LogP contribution >= 0.6 is 0 Å². The van der Waals surface area contributed by atoms with Gasteiger partial charge in [-0.15, -0.1) is 0 Å². The lowest BCUT2D eigenvalue weighted by atomic mass is 9.87. The third-order valence-corrected chi connectivity index (χ3v) is 7.92. The summed E-state index contributed by atoms with van der Waals surface area (Å²) < 4.78 is 2.23. The molecule has 0 bridgehead atoms. The molecule has 0 fully saturated rings. The monoisotopic (exact) mass is 545 g/mol. The van der Waals surface area contributed by atoms with Crippen LogP contribution in [0.15, 0.2) is 128 Å². The summed E-state index contributed by atoms with van der Waals surface area (Å²) in [7, 11) is 0. The van der Waals surface area contributed by atoms with Gasteiger partial charge in [0, 0.05) is 28.1 Å². The van der Waals surface area contributed by atoms with Gasteiger partial charge in [-0.3, -0.25) is 9.55 Å². The van der Waals surface area contributed by atoms with Gasteiger partial charge < -0.3 is 5.11 Å². The topological polar surface area (TPSA) is 50.9 Å². The van der Waals surface area contributed by atoms with Crippen LogP contribution in [0.25, 0.3) is 61.3 Å². The molecule has 0 saturated heterocycles. The minimum atomic E-state index is 0.0257. The van der Waals surface area contributed by atoms with Crippen LogP contribution in [0, 0.1) is 0 Å². The second-order valence-electron chi connectivity index (χ2n) is 11.7. The molecule has 4 aromatic carbocycles. The van der Waals surface area contributed by atoms with Crippen molar-refractivity contribution in [3.05, 3.63) is 133 Å². The summed E-state index contributed by atoms with van der Waals surface area (Å²) >= 11 is 0. The molecule has 7 aromatic rings.